The van der Waals surface area contributed by atoms with Crippen molar-refractivity contribution in [3.8, 4) is 0 Å². The molecular weight excluding hydrogens is 397 g/mol. The van der Waals surface area contributed by atoms with Crippen molar-refractivity contribution in [2.24, 2.45) is 5.92 Å². The van der Waals surface area contributed by atoms with Crippen molar-refractivity contribution in [3.05, 3.63) is 38.6 Å². The third-order valence-corrected chi connectivity index (χ3v) is 5.77. The third kappa shape index (κ3) is 3.72. The maximum Gasteiger partial charge on any atom is 0.261 e. The minimum Gasteiger partial charge on any atom is -0.295 e. The zero-order chi connectivity index (χ0) is 18.8. The van der Waals surface area contributed by atoms with E-state index in [-0.39, 0.29) is 17.1 Å². The molecule has 1 aromatic carbocycles. The molecule has 6 heteroatoms. The summed E-state index contributed by atoms with van der Waals surface area (Å²) in [5.41, 5.74) is 0.0305. The topological polar surface area (TPSA) is 38.1 Å². The number of benzene rings is 1. The minimum absolute atomic E-state index is 0.0582. The molecule has 0 N–H and O–H groups in total. The van der Waals surface area contributed by atoms with E-state index >= 15 is 0 Å². The molecule has 0 unspecified atom stereocenters. The maximum absolute atomic E-state index is 14.5. The summed E-state index contributed by atoms with van der Waals surface area (Å²) in [6.07, 6.45) is 4.31. The van der Waals surface area contributed by atoms with Crippen molar-refractivity contribution in [1.29, 1.82) is 0 Å². The number of hydrogen-bond acceptors (Lipinski definition) is 3. The minimum atomic E-state index is -0.446. The first-order valence-corrected chi connectivity index (χ1v) is 10.4. The molecule has 0 bridgehead atoms. The van der Waals surface area contributed by atoms with E-state index in [4.69, 9.17) is 4.98 Å². The van der Waals surface area contributed by atoms with Crippen molar-refractivity contribution in [1.82, 2.24) is 14.5 Å². The first kappa shape index (κ1) is 19.5. The van der Waals surface area contributed by atoms with Crippen LogP contribution >= 0.6 is 15.9 Å². The highest BCUT2D eigenvalue weighted by Crippen LogP contribution is 2.30. The van der Waals surface area contributed by atoms with Crippen LogP contribution in [0.25, 0.3) is 10.9 Å². The van der Waals surface area contributed by atoms with Gasteiger partial charge in [0.15, 0.2) is 5.82 Å². The molecule has 1 aromatic heterocycles. The molecule has 1 saturated heterocycles. The molecule has 0 aliphatic carbocycles. The van der Waals surface area contributed by atoms with E-state index in [2.05, 4.69) is 34.7 Å². The van der Waals surface area contributed by atoms with E-state index in [1.54, 1.807) is 10.6 Å². The Morgan fingerprint density at radius 3 is 2.81 bits per heavy atom. The van der Waals surface area contributed by atoms with E-state index in [0.717, 1.165) is 32.4 Å². The number of likely N-dealkylation sites (tertiary alicyclic amines) is 1. The van der Waals surface area contributed by atoms with Crippen molar-refractivity contribution in [2.75, 3.05) is 13.1 Å². The lowest BCUT2D eigenvalue weighted by atomic mass is 9.97. The van der Waals surface area contributed by atoms with E-state index in [1.807, 2.05) is 6.92 Å². The fraction of sp³-hybridized carbons (Fsp3) is 0.600. The quantitative estimate of drug-likeness (QED) is 0.686. The molecule has 1 fully saturated rings. The molecule has 2 aromatic rings. The number of aromatic nitrogens is 2. The maximum atomic E-state index is 14.5. The van der Waals surface area contributed by atoms with E-state index in [9.17, 15) is 9.18 Å². The first-order chi connectivity index (χ1) is 12.5. The van der Waals surface area contributed by atoms with Gasteiger partial charge in [0, 0.05) is 17.6 Å². The number of nitrogens with zero attached hydrogens (tertiary/aromatic N) is 3. The molecule has 0 amide bonds. The summed E-state index contributed by atoms with van der Waals surface area (Å²) in [7, 11) is 0. The standard InChI is InChI=1S/C20H27BrFN3O/c1-4-7-17(24-9-6-8-13(3)12-24)19-23-18-15(20(26)25(19)5-2)10-14(21)11-16(18)22/h10-11,13,17H,4-9,12H2,1-3H3/t13-,17-/m1/s1. The van der Waals surface area contributed by atoms with Gasteiger partial charge >= 0.3 is 0 Å². The summed E-state index contributed by atoms with van der Waals surface area (Å²) in [6.45, 7) is 8.92. The lowest BCUT2D eigenvalue weighted by Crippen LogP contribution is -2.40. The van der Waals surface area contributed by atoms with Crippen molar-refractivity contribution in [3.63, 3.8) is 0 Å². The smallest absolute Gasteiger partial charge is 0.261 e. The molecule has 4 nitrogen and oxygen atoms in total. The molecule has 142 valence electrons. The van der Waals surface area contributed by atoms with Crippen LogP contribution < -0.4 is 5.56 Å². The summed E-state index contributed by atoms with van der Waals surface area (Å²) >= 11 is 3.28. The van der Waals surface area contributed by atoms with Crippen LogP contribution in [0.2, 0.25) is 0 Å². The third-order valence-electron chi connectivity index (χ3n) is 5.31. The Kier molecular flexibility index (Phi) is 6.13. The molecule has 26 heavy (non-hydrogen) atoms. The molecule has 0 radical (unpaired) electrons. The predicted octanol–water partition coefficient (Wildman–Crippen LogP) is 4.89. The van der Waals surface area contributed by atoms with Gasteiger partial charge in [-0.25, -0.2) is 9.37 Å². The van der Waals surface area contributed by atoms with Gasteiger partial charge in [-0.1, -0.05) is 36.2 Å². The van der Waals surface area contributed by atoms with Gasteiger partial charge in [0.25, 0.3) is 5.56 Å². The number of hydrogen-bond donors (Lipinski definition) is 0. The van der Waals surface area contributed by atoms with Gasteiger partial charge in [-0.2, -0.15) is 0 Å². The second-order valence-electron chi connectivity index (χ2n) is 7.35. The number of fused-ring (bicyclic) bond motifs is 1. The van der Waals surface area contributed by atoms with E-state index in [0.29, 0.717) is 28.1 Å². The van der Waals surface area contributed by atoms with Crippen LogP contribution in [0.15, 0.2) is 21.4 Å². The Labute approximate surface area is 162 Å². The Hall–Kier alpha value is -1.27. The average molecular weight is 424 g/mol. The highest BCUT2D eigenvalue weighted by atomic mass is 79.9. The Bertz CT molecular complexity index is 851. The van der Waals surface area contributed by atoms with Crippen LogP contribution in [0.3, 0.4) is 0 Å². The second-order valence-corrected chi connectivity index (χ2v) is 8.27. The van der Waals surface area contributed by atoms with Crippen LogP contribution in [0, 0.1) is 11.7 Å². The molecule has 2 heterocycles. The Balaban J connectivity index is 2.18. The van der Waals surface area contributed by atoms with Crippen LogP contribution in [-0.4, -0.2) is 27.5 Å². The molecule has 2 atom stereocenters. The Morgan fingerprint density at radius 1 is 1.38 bits per heavy atom. The van der Waals surface area contributed by atoms with Gasteiger partial charge in [-0.3, -0.25) is 14.3 Å². The van der Waals surface area contributed by atoms with Gasteiger partial charge in [-0.05, 0) is 50.8 Å². The van der Waals surface area contributed by atoms with Gasteiger partial charge in [0.05, 0.1) is 11.4 Å². The second kappa shape index (κ2) is 8.17. The molecular formula is C20H27BrFN3O. The highest BCUT2D eigenvalue weighted by Gasteiger charge is 2.28. The zero-order valence-electron chi connectivity index (χ0n) is 15.8. The normalized spacial score (nSPS) is 19.8. The van der Waals surface area contributed by atoms with Crippen molar-refractivity contribution in [2.45, 2.75) is 59.0 Å². The summed E-state index contributed by atoms with van der Waals surface area (Å²) in [4.78, 5) is 20.2. The van der Waals surface area contributed by atoms with Gasteiger partial charge < -0.3 is 0 Å². The fourth-order valence-electron chi connectivity index (χ4n) is 4.08. The Morgan fingerprint density at radius 2 is 2.15 bits per heavy atom. The zero-order valence-corrected chi connectivity index (χ0v) is 17.4. The largest absolute Gasteiger partial charge is 0.295 e. The van der Waals surface area contributed by atoms with Gasteiger partial charge in [0.1, 0.15) is 11.3 Å². The SMILES string of the molecule is CCC[C@H](c1nc2c(F)cc(Br)cc2c(=O)n1CC)N1CCC[C@@H](C)C1. The van der Waals surface area contributed by atoms with Crippen LogP contribution in [-0.2, 0) is 6.54 Å². The first-order valence-electron chi connectivity index (χ1n) is 9.59. The van der Waals surface area contributed by atoms with Gasteiger partial charge in [0.2, 0.25) is 0 Å². The lowest BCUT2D eigenvalue weighted by molar-refractivity contribution is 0.114. The molecule has 0 spiro atoms. The number of piperidine rings is 1. The van der Waals surface area contributed by atoms with Gasteiger partial charge in [-0.15, -0.1) is 0 Å². The van der Waals surface area contributed by atoms with Crippen molar-refractivity contribution < 1.29 is 4.39 Å². The molecule has 1 aliphatic heterocycles. The van der Waals surface area contributed by atoms with Crippen LogP contribution in [0.4, 0.5) is 4.39 Å². The van der Waals surface area contributed by atoms with Crippen molar-refractivity contribution >= 4 is 26.8 Å². The summed E-state index contributed by atoms with van der Waals surface area (Å²) < 4.78 is 16.8. The monoisotopic (exact) mass is 423 g/mol. The fourth-order valence-corrected chi connectivity index (χ4v) is 4.51. The molecule has 3 rings (SSSR count). The summed E-state index contributed by atoms with van der Waals surface area (Å²) in [5.74, 6) is 0.901. The average Bonchev–Trinajstić information content (AvgIpc) is 2.60. The molecule has 0 saturated carbocycles. The van der Waals surface area contributed by atoms with E-state index in [1.165, 1.54) is 12.5 Å². The highest BCUT2D eigenvalue weighted by molar-refractivity contribution is 9.10. The summed E-state index contributed by atoms with van der Waals surface area (Å²) in [5, 5.41) is 0.338. The lowest BCUT2D eigenvalue weighted by Gasteiger charge is -2.37. The molecule has 1 aliphatic rings. The number of rotatable bonds is 5. The van der Waals surface area contributed by atoms with Crippen LogP contribution in [0.1, 0.15) is 58.3 Å². The van der Waals surface area contributed by atoms with Crippen LogP contribution in [0.5, 0.6) is 0 Å². The number of halogens is 2. The predicted molar refractivity (Wildman–Crippen MR) is 107 cm³/mol. The van der Waals surface area contributed by atoms with E-state index < -0.39 is 5.82 Å². The summed E-state index contributed by atoms with van der Waals surface area (Å²) in [6, 6.07) is 3.11.